The van der Waals surface area contributed by atoms with E-state index in [2.05, 4.69) is 30.1 Å². The molecule has 1 saturated heterocycles. The minimum absolute atomic E-state index is 0.424. The van der Waals surface area contributed by atoms with Gasteiger partial charge in [-0.1, -0.05) is 6.07 Å². The molecular weight excluding hydrogens is 377 g/mol. The summed E-state index contributed by atoms with van der Waals surface area (Å²) < 4.78 is 37.8. The lowest BCUT2D eigenvalue weighted by molar-refractivity contribution is -0.140. The summed E-state index contributed by atoms with van der Waals surface area (Å²) in [6, 6.07) is 5.86. The second kappa shape index (κ2) is 8.55. The number of nitrogens with zero attached hydrogens (tertiary/aromatic N) is 5. The first kappa shape index (κ1) is 19.4. The van der Waals surface area contributed by atoms with Crippen LogP contribution in [-0.4, -0.2) is 60.6 Å². The van der Waals surface area contributed by atoms with Gasteiger partial charge in [-0.05, 0) is 12.1 Å². The Bertz CT molecular complexity index is 754. The summed E-state index contributed by atoms with van der Waals surface area (Å²) in [7, 11) is 1.71. The van der Waals surface area contributed by atoms with Crippen molar-refractivity contribution in [2.45, 2.75) is 12.6 Å². The van der Waals surface area contributed by atoms with Crippen LogP contribution in [0.3, 0.4) is 0 Å². The Hall–Kier alpha value is -2.36. The van der Waals surface area contributed by atoms with E-state index in [9.17, 15) is 13.2 Å². The van der Waals surface area contributed by atoms with Crippen molar-refractivity contribution < 1.29 is 13.2 Å². The second-order valence-electron chi connectivity index (χ2n) is 6.01. The van der Waals surface area contributed by atoms with Gasteiger partial charge in [-0.2, -0.15) is 13.2 Å². The molecule has 1 aliphatic heterocycles. The SMILES string of the molecule is CN=C(NCCc1nc(C(F)(F)F)cs1)N1CCN(c2ccccn2)CC1. The fraction of sp³-hybridized carbons (Fsp3) is 0.471. The summed E-state index contributed by atoms with van der Waals surface area (Å²) in [5.41, 5.74) is -0.822. The summed E-state index contributed by atoms with van der Waals surface area (Å²) in [4.78, 5) is 16.7. The molecule has 0 aromatic carbocycles. The van der Waals surface area contributed by atoms with Crippen molar-refractivity contribution in [3.63, 3.8) is 0 Å². The van der Waals surface area contributed by atoms with E-state index >= 15 is 0 Å². The molecule has 0 atom stereocenters. The lowest BCUT2D eigenvalue weighted by atomic mass is 10.3. The quantitative estimate of drug-likeness (QED) is 0.634. The maximum absolute atomic E-state index is 12.6. The first-order chi connectivity index (χ1) is 13.0. The molecule has 3 rings (SSSR count). The van der Waals surface area contributed by atoms with E-state index in [0.717, 1.165) is 54.7 Å². The van der Waals surface area contributed by atoms with Gasteiger partial charge in [0.2, 0.25) is 0 Å². The van der Waals surface area contributed by atoms with Gasteiger partial charge in [0.25, 0.3) is 0 Å². The molecule has 146 valence electrons. The van der Waals surface area contributed by atoms with Crippen LogP contribution in [0, 0.1) is 0 Å². The monoisotopic (exact) mass is 398 g/mol. The van der Waals surface area contributed by atoms with E-state index in [4.69, 9.17) is 0 Å². The third kappa shape index (κ3) is 5.09. The van der Waals surface area contributed by atoms with Crippen molar-refractivity contribution in [1.29, 1.82) is 0 Å². The number of aliphatic imine (C=N–C) groups is 1. The molecule has 1 aliphatic rings. The average molecular weight is 398 g/mol. The number of alkyl halides is 3. The molecule has 10 heteroatoms. The Labute approximate surface area is 159 Å². The van der Waals surface area contributed by atoms with Crippen molar-refractivity contribution in [2.75, 3.05) is 44.7 Å². The van der Waals surface area contributed by atoms with Gasteiger partial charge in [0, 0.05) is 57.8 Å². The van der Waals surface area contributed by atoms with Crippen LogP contribution in [0.15, 0.2) is 34.8 Å². The molecule has 0 spiro atoms. The van der Waals surface area contributed by atoms with E-state index < -0.39 is 11.9 Å². The number of anilines is 1. The van der Waals surface area contributed by atoms with Gasteiger partial charge >= 0.3 is 6.18 Å². The first-order valence-corrected chi connectivity index (χ1v) is 9.48. The molecule has 0 bridgehead atoms. The smallest absolute Gasteiger partial charge is 0.356 e. The number of rotatable bonds is 4. The van der Waals surface area contributed by atoms with Gasteiger partial charge in [0.05, 0.1) is 5.01 Å². The summed E-state index contributed by atoms with van der Waals surface area (Å²) in [6.45, 7) is 3.74. The highest BCUT2D eigenvalue weighted by Gasteiger charge is 2.33. The summed E-state index contributed by atoms with van der Waals surface area (Å²) in [5.74, 6) is 1.72. The van der Waals surface area contributed by atoms with Crippen molar-refractivity contribution in [3.8, 4) is 0 Å². The standard InChI is InChI=1S/C17H21F3N6S/c1-21-16(23-7-5-15-24-13(12-27-15)17(18,19)20)26-10-8-25(9-11-26)14-4-2-3-6-22-14/h2-4,6,12H,5,7-11H2,1H3,(H,21,23). The third-order valence-electron chi connectivity index (χ3n) is 4.23. The maximum atomic E-state index is 12.6. The van der Waals surface area contributed by atoms with Gasteiger partial charge in [0.15, 0.2) is 11.7 Å². The Morgan fingerprint density at radius 2 is 2.04 bits per heavy atom. The molecule has 0 amide bonds. The number of halogens is 3. The van der Waals surface area contributed by atoms with E-state index in [-0.39, 0.29) is 0 Å². The second-order valence-corrected chi connectivity index (χ2v) is 6.95. The largest absolute Gasteiger partial charge is 0.434 e. The van der Waals surface area contributed by atoms with Gasteiger partial charge in [0.1, 0.15) is 5.82 Å². The number of piperazine rings is 1. The first-order valence-electron chi connectivity index (χ1n) is 8.60. The highest BCUT2D eigenvalue weighted by atomic mass is 32.1. The molecule has 2 aromatic heterocycles. The maximum Gasteiger partial charge on any atom is 0.434 e. The molecule has 27 heavy (non-hydrogen) atoms. The van der Waals surface area contributed by atoms with Gasteiger partial charge < -0.3 is 15.1 Å². The normalized spacial score (nSPS) is 15.9. The summed E-state index contributed by atoms with van der Waals surface area (Å²) in [5, 5.41) is 4.74. The highest BCUT2D eigenvalue weighted by Crippen LogP contribution is 2.30. The number of pyridine rings is 1. The summed E-state index contributed by atoms with van der Waals surface area (Å²) >= 11 is 1.03. The number of aromatic nitrogens is 2. The minimum atomic E-state index is -4.38. The van der Waals surface area contributed by atoms with Crippen LogP contribution in [0.1, 0.15) is 10.7 Å². The lowest BCUT2D eigenvalue weighted by Crippen LogP contribution is -2.53. The fourth-order valence-corrected chi connectivity index (χ4v) is 3.66. The van der Waals surface area contributed by atoms with Crippen molar-refractivity contribution in [2.24, 2.45) is 4.99 Å². The zero-order chi connectivity index (χ0) is 19.3. The van der Waals surface area contributed by atoms with E-state index in [0.29, 0.717) is 18.0 Å². The lowest BCUT2D eigenvalue weighted by Gasteiger charge is -2.37. The van der Waals surface area contributed by atoms with E-state index in [1.165, 1.54) is 0 Å². The van der Waals surface area contributed by atoms with Gasteiger partial charge in [-0.3, -0.25) is 4.99 Å². The topological polar surface area (TPSA) is 56.7 Å². The van der Waals surface area contributed by atoms with Crippen molar-refractivity contribution in [1.82, 2.24) is 20.2 Å². The van der Waals surface area contributed by atoms with Crippen LogP contribution in [0.4, 0.5) is 19.0 Å². The Morgan fingerprint density at radius 3 is 2.63 bits per heavy atom. The third-order valence-corrected chi connectivity index (χ3v) is 5.14. The zero-order valence-corrected chi connectivity index (χ0v) is 15.7. The molecular formula is C17H21F3N6S. The number of guanidine groups is 1. The summed E-state index contributed by atoms with van der Waals surface area (Å²) in [6.07, 6.45) is -2.18. The highest BCUT2D eigenvalue weighted by molar-refractivity contribution is 7.09. The van der Waals surface area contributed by atoms with Crippen LogP contribution in [0.25, 0.3) is 0 Å². The van der Waals surface area contributed by atoms with Crippen molar-refractivity contribution >= 4 is 23.1 Å². The van der Waals surface area contributed by atoms with Gasteiger partial charge in [-0.15, -0.1) is 11.3 Å². The van der Waals surface area contributed by atoms with Crippen LogP contribution < -0.4 is 10.2 Å². The molecule has 3 heterocycles. The number of hydrogen-bond donors (Lipinski definition) is 1. The van der Waals surface area contributed by atoms with Crippen LogP contribution >= 0.6 is 11.3 Å². The molecule has 0 aliphatic carbocycles. The Kier molecular flexibility index (Phi) is 6.15. The molecule has 1 N–H and O–H groups in total. The predicted octanol–water partition coefficient (Wildman–Crippen LogP) is 2.50. The molecule has 1 fully saturated rings. The number of thiazole rings is 1. The zero-order valence-electron chi connectivity index (χ0n) is 14.9. The molecule has 0 unspecified atom stereocenters. The van der Waals surface area contributed by atoms with Crippen molar-refractivity contribution in [3.05, 3.63) is 40.5 Å². The molecule has 0 saturated carbocycles. The number of nitrogens with one attached hydrogen (secondary N) is 1. The minimum Gasteiger partial charge on any atom is -0.356 e. The van der Waals surface area contributed by atoms with E-state index in [1.54, 1.807) is 13.2 Å². The van der Waals surface area contributed by atoms with E-state index in [1.807, 2.05) is 18.2 Å². The molecule has 0 radical (unpaired) electrons. The Balaban J connectivity index is 1.47. The van der Waals surface area contributed by atoms with Crippen LogP contribution in [-0.2, 0) is 12.6 Å². The molecule has 2 aromatic rings. The number of hydrogen-bond acceptors (Lipinski definition) is 5. The Morgan fingerprint density at radius 1 is 1.26 bits per heavy atom. The van der Waals surface area contributed by atoms with Crippen LogP contribution in [0.5, 0.6) is 0 Å². The van der Waals surface area contributed by atoms with Gasteiger partial charge in [-0.25, -0.2) is 9.97 Å². The predicted molar refractivity (Wildman–Crippen MR) is 100 cm³/mol. The fourth-order valence-electron chi connectivity index (χ4n) is 2.86. The molecule has 6 nitrogen and oxygen atoms in total. The van der Waals surface area contributed by atoms with Crippen LogP contribution in [0.2, 0.25) is 0 Å². The average Bonchev–Trinajstić information content (AvgIpc) is 3.16.